The smallest absolute Gasteiger partial charge is 0.218 e. The molecule has 1 aliphatic heterocycles. The maximum Gasteiger partial charge on any atom is 0.218 e. The number of nitrogens with zero attached hydrogens (tertiary/aromatic N) is 2. The minimum atomic E-state index is -1.07. The summed E-state index contributed by atoms with van der Waals surface area (Å²) in [4.78, 5) is 23.6. The predicted molar refractivity (Wildman–Crippen MR) is 91.8 cm³/mol. The summed E-state index contributed by atoms with van der Waals surface area (Å²) >= 11 is 0. The Labute approximate surface area is 144 Å². The number of hydrogen-bond acceptors (Lipinski definition) is 4. The Balaban J connectivity index is 2.30. The van der Waals surface area contributed by atoms with E-state index in [0.29, 0.717) is 32.2 Å². The van der Waals surface area contributed by atoms with E-state index in [1.165, 1.54) is 0 Å². The molecule has 8 nitrogen and oxygen atoms in total. The van der Waals surface area contributed by atoms with E-state index < -0.39 is 12.3 Å². The van der Waals surface area contributed by atoms with Crippen molar-refractivity contribution in [3.63, 3.8) is 0 Å². The molecular weight excluding hydrogens is 312 g/mol. The standard InChI is InChI=1S/C16H30N4O4/c1-10(17-3)7-14(21)19-9-12-5-6-13(16(23)24-12)20-15(22)8-11(2)18-4/h10-13,16,23H,5-9H2,1-4H3,(H,19,21)(H,20,22)/q-2/t10-,11-,12+,13+,16-/m1/s1. The van der Waals surface area contributed by atoms with Gasteiger partial charge in [0.2, 0.25) is 11.8 Å². The number of amides is 2. The van der Waals surface area contributed by atoms with E-state index in [0.717, 1.165) is 0 Å². The average Bonchev–Trinajstić information content (AvgIpc) is 2.54. The summed E-state index contributed by atoms with van der Waals surface area (Å²) in [6.45, 7) is 4.08. The zero-order chi connectivity index (χ0) is 18.1. The summed E-state index contributed by atoms with van der Waals surface area (Å²) in [7, 11) is 3.35. The van der Waals surface area contributed by atoms with Gasteiger partial charge in [0.15, 0.2) is 6.29 Å². The highest BCUT2D eigenvalue weighted by molar-refractivity contribution is 5.77. The molecule has 1 aliphatic rings. The van der Waals surface area contributed by atoms with Crippen LogP contribution in [0.4, 0.5) is 0 Å². The molecule has 0 bridgehead atoms. The monoisotopic (exact) mass is 342 g/mol. The van der Waals surface area contributed by atoms with E-state index in [9.17, 15) is 14.7 Å². The maximum absolute atomic E-state index is 11.9. The second-order valence-electron chi connectivity index (χ2n) is 6.33. The van der Waals surface area contributed by atoms with Crippen molar-refractivity contribution in [2.45, 2.75) is 70.1 Å². The zero-order valence-electron chi connectivity index (χ0n) is 15.0. The molecule has 0 aliphatic carbocycles. The molecule has 0 spiro atoms. The summed E-state index contributed by atoms with van der Waals surface area (Å²) in [6.07, 6.45) is 0.569. The first-order valence-corrected chi connectivity index (χ1v) is 8.43. The van der Waals surface area contributed by atoms with Crippen LogP contribution in [0.25, 0.3) is 10.6 Å². The first-order chi connectivity index (χ1) is 11.3. The van der Waals surface area contributed by atoms with Crippen molar-refractivity contribution in [3.05, 3.63) is 10.6 Å². The third-order valence-electron chi connectivity index (χ3n) is 4.19. The van der Waals surface area contributed by atoms with Crippen LogP contribution in [0.2, 0.25) is 0 Å². The Kier molecular flexibility index (Phi) is 9.20. The second-order valence-corrected chi connectivity index (χ2v) is 6.33. The van der Waals surface area contributed by atoms with Gasteiger partial charge in [0.05, 0.1) is 12.1 Å². The number of rotatable bonds is 9. The predicted octanol–water partition coefficient (Wildman–Crippen LogP) is 0.649. The van der Waals surface area contributed by atoms with Crippen LogP contribution in [0.3, 0.4) is 0 Å². The van der Waals surface area contributed by atoms with E-state index in [1.807, 2.05) is 13.8 Å². The topological polar surface area (TPSA) is 116 Å². The molecule has 1 rings (SSSR count). The zero-order valence-corrected chi connectivity index (χ0v) is 15.0. The lowest BCUT2D eigenvalue weighted by Crippen LogP contribution is -2.51. The van der Waals surface area contributed by atoms with E-state index >= 15 is 0 Å². The highest BCUT2D eigenvalue weighted by Gasteiger charge is 2.30. The number of ether oxygens (including phenoxy) is 1. The lowest BCUT2D eigenvalue weighted by molar-refractivity contribution is -0.179. The summed E-state index contributed by atoms with van der Waals surface area (Å²) in [6, 6.07) is -0.487. The maximum atomic E-state index is 11.9. The molecule has 0 aromatic heterocycles. The molecule has 0 saturated carbocycles. The summed E-state index contributed by atoms with van der Waals surface area (Å²) in [5.74, 6) is -0.233. The molecule has 0 aromatic rings. The number of carbonyl (C=O) groups excluding carboxylic acids is 2. The molecule has 24 heavy (non-hydrogen) atoms. The van der Waals surface area contributed by atoms with Crippen LogP contribution in [0.5, 0.6) is 0 Å². The van der Waals surface area contributed by atoms with Crippen LogP contribution in [0.1, 0.15) is 39.5 Å². The molecule has 1 saturated heterocycles. The normalized spacial score (nSPS) is 26.5. The first kappa shape index (κ1) is 20.8. The van der Waals surface area contributed by atoms with Crippen molar-refractivity contribution < 1.29 is 19.4 Å². The van der Waals surface area contributed by atoms with Gasteiger partial charge in [-0.05, 0) is 12.8 Å². The van der Waals surface area contributed by atoms with Gasteiger partial charge in [-0.1, -0.05) is 13.8 Å². The van der Waals surface area contributed by atoms with Gasteiger partial charge in [-0.2, -0.15) is 14.1 Å². The summed E-state index contributed by atoms with van der Waals surface area (Å²) in [5, 5.41) is 23.7. The Morgan fingerprint density at radius 2 is 1.71 bits per heavy atom. The van der Waals surface area contributed by atoms with Gasteiger partial charge >= 0.3 is 0 Å². The van der Waals surface area contributed by atoms with Crippen LogP contribution >= 0.6 is 0 Å². The molecule has 1 fully saturated rings. The summed E-state index contributed by atoms with van der Waals surface area (Å²) < 4.78 is 5.49. The molecular formula is C16H30N4O4-2. The Hall–Kier alpha value is -1.22. The van der Waals surface area contributed by atoms with Gasteiger partial charge in [0.25, 0.3) is 0 Å². The molecule has 1 heterocycles. The fourth-order valence-electron chi connectivity index (χ4n) is 2.45. The van der Waals surface area contributed by atoms with Crippen molar-refractivity contribution >= 4 is 11.8 Å². The van der Waals surface area contributed by atoms with Crippen LogP contribution in [-0.2, 0) is 14.3 Å². The molecule has 0 aromatic carbocycles. The Morgan fingerprint density at radius 3 is 2.25 bits per heavy atom. The van der Waals surface area contributed by atoms with Gasteiger partial charge in [0.1, 0.15) is 0 Å². The van der Waals surface area contributed by atoms with Gasteiger partial charge in [-0.3, -0.25) is 9.59 Å². The van der Waals surface area contributed by atoms with Crippen molar-refractivity contribution in [2.24, 2.45) is 0 Å². The van der Waals surface area contributed by atoms with Crippen LogP contribution in [0, 0.1) is 0 Å². The van der Waals surface area contributed by atoms with Crippen molar-refractivity contribution in [3.8, 4) is 0 Å². The second kappa shape index (κ2) is 10.6. The molecule has 0 unspecified atom stereocenters. The lowest BCUT2D eigenvalue weighted by Gasteiger charge is -2.34. The SMILES string of the molecule is C[N-][C@H](C)CC(=O)NC[C@@H]1CC[C@H](NC(=O)C[C@@H](C)[N-]C)[C@H](O)O1. The molecule has 5 atom stereocenters. The van der Waals surface area contributed by atoms with Crippen LogP contribution in [0.15, 0.2) is 0 Å². The van der Waals surface area contributed by atoms with Gasteiger partial charge in [-0.25, -0.2) is 0 Å². The van der Waals surface area contributed by atoms with Crippen molar-refractivity contribution in [1.29, 1.82) is 0 Å². The van der Waals surface area contributed by atoms with Gasteiger partial charge < -0.3 is 31.1 Å². The van der Waals surface area contributed by atoms with Gasteiger partial charge in [-0.15, -0.1) is 12.1 Å². The number of aliphatic hydroxyl groups is 1. The minimum Gasteiger partial charge on any atom is -0.662 e. The Morgan fingerprint density at radius 1 is 1.12 bits per heavy atom. The number of carbonyl (C=O) groups is 2. The quantitative estimate of drug-likeness (QED) is 0.570. The highest BCUT2D eigenvalue weighted by Crippen LogP contribution is 2.18. The molecule has 0 radical (unpaired) electrons. The Bertz CT molecular complexity index is 408. The molecule has 140 valence electrons. The number of hydrogen-bond donors (Lipinski definition) is 3. The van der Waals surface area contributed by atoms with E-state index in [4.69, 9.17) is 4.74 Å². The molecule has 2 amide bonds. The number of nitrogens with one attached hydrogen (secondary N) is 2. The molecule has 3 N–H and O–H groups in total. The van der Waals surface area contributed by atoms with Crippen molar-refractivity contribution in [2.75, 3.05) is 20.6 Å². The van der Waals surface area contributed by atoms with Gasteiger partial charge in [0, 0.05) is 19.4 Å². The third kappa shape index (κ3) is 7.57. The largest absolute Gasteiger partial charge is 0.662 e. The van der Waals surface area contributed by atoms with E-state index in [1.54, 1.807) is 14.1 Å². The molecule has 8 heteroatoms. The third-order valence-corrected chi connectivity index (χ3v) is 4.19. The average molecular weight is 342 g/mol. The van der Waals surface area contributed by atoms with E-state index in [2.05, 4.69) is 21.3 Å². The van der Waals surface area contributed by atoms with E-state index in [-0.39, 0.29) is 30.0 Å². The van der Waals surface area contributed by atoms with Crippen molar-refractivity contribution in [1.82, 2.24) is 10.6 Å². The first-order valence-electron chi connectivity index (χ1n) is 8.43. The lowest BCUT2D eigenvalue weighted by atomic mass is 10.0. The number of aliphatic hydroxyl groups excluding tert-OH is 1. The minimum absolute atomic E-state index is 0.0142. The van der Waals surface area contributed by atoms with Crippen LogP contribution < -0.4 is 10.6 Å². The fourth-order valence-corrected chi connectivity index (χ4v) is 2.45. The van der Waals surface area contributed by atoms with Crippen LogP contribution in [-0.4, -0.2) is 68.1 Å². The summed E-state index contributed by atoms with van der Waals surface area (Å²) in [5.41, 5.74) is 0. The highest BCUT2D eigenvalue weighted by atomic mass is 16.6. The fraction of sp³-hybridized carbons (Fsp3) is 0.875.